The Balaban J connectivity index is 3.23. The van der Waals surface area contributed by atoms with Gasteiger partial charge in [-0.2, -0.15) is 0 Å². The molecule has 0 fully saturated rings. The molecule has 11 heavy (non-hydrogen) atoms. The highest BCUT2D eigenvalue weighted by Gasteiger charge is 1.99. The van der Waals surface area contributed by atoms with Gasteiger partial charge in [0.2, 0.25) is 0 Å². The maximum absolute atomic E-state index is 5.44. The smallest absolute Gasteiger partial charge is 0.0580 e. The van der Waals surface area contributed by atoms with Gasteiger partial charge in [0.15, 0.2) is 0 Å². The third-order valence-corrected chi connectivity index (χ3v) is 1.66. The van der Waals surface area contributed by atoms with Crippen LogP contribution in [0.15, 0.2) is 12.3 Å². The number of hydrogen-bond donors (Lipinski definition) is 1. The van der Waals surface area contributed by atoms with Gasteiger partial charge < -0.3 is 5.73 Å². The van der Waals surface area contributed by atoms with Crippen molar-refractivity contribution >= 4 is 0 Å². The van der Waals surface area contributed by atoms with Gasteiger partial charge in [-0.05, 0) is 18.6 Å². The van der Waals surface area contributed by atoms with Gasteiger partial charge >= 0.3 is 0 Å². The van der Waals surface area contributed by atoms with Gasteiger partial charge in [0.25, 0.3) is 0 Å². The van der Waals surface area contributed by atoms with Crippen molar-refractivity contribution in [3.63, 3.8) is 0 Å². The summed E-state index contributed by atoms with van der Waals surface area (Å²) in [6, 6.07) is 1.81. The lowest BCUT2D eigenvalue weighted by Gasteiger charge is -2.02. The van der Waals surface area contributed by atoms with Crippen LogP contribution < -0.4 is 5.73 Å². The molecule has 0 aliphatic heterocycles. The van der Waals surface area contributed by atoms with Gasteiger partial charge in [0, 0.05) is 18.3 Å². The second kappa shape index (κ2) is 3.18. The fourth-order valence-electron chi connectivity index (χ4n) is 0.941. The molecule has 0 aliphatic rings. The van der Waals surface area contributed by atoms with E-state index < -0.39 is 0 Å². The van der Waals surface area contributed by atoms with E-state index in [1.54, 1.807) is 6.20 Å². The predicted octanol–water partition coefficient (Wildman–Crippen LogP) is 0.830. The van der Waals surface area contributed by atoms with Crippen LogP contribution in [0.25, 0.3) is 0 Å². The van der Waals surface area contributed by atoms with Crippen molar-refractivity contribution in [3.8, 4) is 12.3 Å². The van der Waals surface area contributed by atoms with Gasteiger partial charge in [-0.3, -0.25) is 4.98 Å². The van der Waals surface area contributed by atoms with Crippen LogP contribution in [0.2, 0.25) is 0 Å². The highest BCUT2D eigenvalue weighted by molar-refractivity contribution is 5.40. The second-order valence-electron chi connectivity index (χ2n) is 2.28. The molecule has 1 aromatic rings. The second-order valence-corrected chi connectivity index (χ2v) is 2.28. The minimum absolute atomic E-state index is 0.446. The van der Waals surface area contributed by atoms with E-state index in [1.807, 2.05) is 13.0 Å². The van der Waals surface area contributed by atoms with E-state index in [9.17, 15) is 0 Å². The molecule has 2 nitrogen and oxygen atoms in total. The number of hydrogen-bond acceptors (Lipinski definition) is 2. The minimum atomic E-state index is 0.446. The zero-order chi connectivity index (χ0) is 8.27. The Morgan fingerprint density at radius 1 is 1.73 bits per heavy atom. The van der Waals surface area contributed by atoms with E-state index in [-0.39, 0.29) is 0 Å². The molecule has 0 aromatic carbocycles. The number of nitrogens with zero attached hydrogens (tertiary/aromatic N) is 1. The minimum Gasteiger partial charge on any atom is -0.325 e. The van der Waals surface area contributed by atoms with Gasteiger partial charge in [-0.15, -0.1) is 6.42 Å². The first-order valence-electron chi connectivity index (χ1n) is 3.40. The lowest BCUT2D eigenvalue weighted by Crippen LogP contribution is -2.03. The summed E-state index contributed by atoms with van der Waals surface area (Å²) < 4.78 is 0. The predicted molar refractivity (Wildman–Crippen MR) is 44.8 cm³/mol. The zero-order valence-electron chi connectivity index (χ0n) is 6.46. The van der Waals surface area contributed by atoms with Crippen molar-refractivity contribution in [2.24, 2.45) is 5.73 Å². The largest absolute Gasteiger partial charge is 0.325 e. The first-order chi connectivity index (χ1) is 5.29. The van der Waals surface area contributed by atoms with Crippen molar-refractivity contribution in [3.05, 3.63) is 29.1 Å². The Morgan fingerprint density at radius 2 is 2.45 bits per heavy atom. The van der Waals surface area contributed by atoms with Gasteiger partial charge in [0.1, 0.15) is 0 Å². The Kier molecular flexibility index (Phi) is 2.25. The van der Waals surface area contributed by atoms with E-state index in [0.717, 1.165) is 16.8 Å². The molecule has 0 atom stereocenters. The van der Waals surface area contributed by atoms with E-state index >= 15 is 0 Å². The summed E-state index contributed by atoms with van der Waals surface area (Å²) >= 11 is 0. The van der Waals surface area contributed by atoms with E-state index in [4.69, 9.17) is 12.2 Å². The molecule has 1 aromatic heterocycles. The molecule has 0 amide bonds. The molecule has 0 spiro atoms. The summed E-state index contributed by atoms with van der Waals surface area (Å²) in [5, 5.41) is 0. The van der Waals surface area contributed by atoms with Crippen molar-refractivity contribution in [1.82, 2.24) is 4.98 Å². The number of aromatic nitrogens is 1. The van der Waals surface area contributed by atoms with Crippen molar-refractivity contribution in [2.45, 2.75) is 13.5 Å². The van der Waals surface area contributed by atoms with Crippen LogP contribution in [0.5, 0.6) is 0 Å². The third kappa shape index (κ3) is 1.39. The molecule has 0 saturated heterocycles. The quantitative estimate of drug-likeness (QED) is 0.596. The lowest BCUT2D eigenvalue weighted by molar-refractivity contribution is 0.966. The molecular weight excluding hydrogens is 136 g/mol. The lowest BCUT2D eigenvalue weighted by atomic mass is 10.1. The highest BCUT2D eigenvalue weighted by atomic mass is 14.7. The van der Waals surface area contributed by atoms with Crippen LogP contribution in [0, 0.1) is 19.3 Å². The highest BCUT2D eigenvalue weighted by Crippen LogP contribution is 2.08. The van der Waals surface area contributed by atoms with Crippen LogP contribution in [-0.2, 0) is 6.54 Å². The Hall–Kier alpha value is -1.33. The standard InChI is InChI=1S/C9H10N2/c1-3-8-4-5-11-9(6-10)7(8)2/h1,4-5H,6,10H2,2H3. The number of rotatable bonds is 1. The monoisotopic (exact) mass is 146 g/mol. The van der Waals surface area contributed by atoms with Crippen LogP contribution >= 0.6 is 0 Å². The molecule has 0 unspecified atom stereocenters. The zero-order valence-corrected chi connectivity index (χ0v) is 6.46. The average molecular weight is 146 g/mol. The molecule has 56 valence electrons. The van der Waals surface area contributed by atoms with E-state index in [0.29, 0.717) is 6.54 Å². The average Bonchev–Trinajstić information content (AvgIpc) is 2.05. The van der Waals surface area contributed by atoms with Crippen molar-refractivity contribution < 1.29 is 0 Å². The maximum atomic E-state index is 5.44. The topological polar surface area (TPSA) is 38.9 Å². The molecule has 0 saturated carbocycles. The third-order valence-electron chi connectivity index (χ3n) is 1.66. The van der Waals surface area contributed by atoms with Gasteiger partial charge in [0.05, 0.1) is 5.69 Å². The molecule has 0 radical (unpaired) electrons. The summed E-state index contributed by atoms with van der Waals surface area (Å²) in [6.45, 7) is 2.38. The van der Waals surface area contributed by atoms with Crippen LogP contribution in [0.4, 0.5) is 0 Å². The summed E-state index contributed by atoms with van der Waals surface area (Å²) in [7, 11) is 0. The van der Waals surface area contributed by atoms with Crippen molar-refractivity contribution in [2.75, 3.05) is 0 Å². The summed E-state index contributed by atoms with van der Waals surface area (Å²) in [5.41, 5.74) is 8.21. The normalized spacial score (nSPS) is 9.18. The number of pyridine rings is 1. The fourth-order valence-corrected chi connectivity index (χ4v) is 0.941. The van der Waals surface area contributed by atoms with Crippen LogP contribution in [0.1, 0.15) is 16.8 Å². The van der Waals surface area contributed by atoms with Gasteiger partial charge in [-0.25, -0.2) is 0 Å². The molecule has 0 bridgehead atoms. The number of nitrogens with two attached hydrogens (primary N) is 1. The first-order valence-corrected chi connectivity index (χ1v) is 3.40. The summed E-state index contributed by atoms with van der Waals surface area (Å²) in [5.74, 6) is 2.57. The SMILES string of the molecule is C#Cc1ccnc(CN)c1C. The first kappa shape index (κ1) is 7.77. The molecule has 2 heteroatoms. The van der Waals surface area contributed by atoms with E-state index in [2.05, 4.69) is 10.9 Å². The Bertz CT molecular complexity index is 297. The van der Waals surface area contributed by atoms with Crippen molar-refractivity contribution in [1.29, 1.82) is 0 Å². The van der Waals surface area contributed by atoms with Crippen LogP contribution in [-0.4, -0.2) is 4.98 Å². The summed E-state index contributed by atoms with van der Waals surface area (Å²) in [6.07, 6.45) is 6.94. The molecule has 2 N–H and O–H groups in total. The molecule has 1 heterocycles. The van der Waals surface area contributed by atoms with E-state index in [1.165, 1.54) is 0 Å². The molecule has 0 aliphatic carbocycles. The fraction of sp³-hybridized carbons (Fsp3) is 0.222. The molecular formula is C9H10N2. The van der Waals surface area contributed by atoms with Gasteiger partial charge in [-0.1, -0.05) is 5.92 Å². The maximum Gasteiger partial charge on any atom is 0.0580 e. The summed E-state index contributed by atoms with van der Waals surface area (Å²) in [4.78, 5) is 4.08. The van der Waals surface area contributed by atoms with Crippen LogP contribution in [0.3, 0.4) is 0 Å². The molecule has 1 rings (SSSR count). The Labute approximate surface area is 66.4 Å². The number of terminal acetylenes is 1. The Morgan fingerprint density at radius 3 is 3.00 bits per heavy atom.